The zero-order valence-electron chi connectivity index (χ0n) is 12.1. The highest BCUT2D eigenvalue weighted by atomic mass is 16.5. The highest BCUT2D eigenvalue weighted by Gasteiger charge is 2.12. The number of nitrogens with one attached hydrogen (secondary N) is 1. The molecular weight excluding hydrogens is 270 g/mol. The molecule has 7 nitrogen and oxygen atoms in total. The Labute approximate surface area is 123 Å². The first-order valence-corrected chi connectivity index (χ1v) is 7.14. The van der Waals surface area contributed by atoms with Crippen LogP contribution in [0.25, 0.3) is 11.0 Å². The maximum absolute atomic E-state index is 11.9. The number of fused-ring (bicyclic) bond motifs is 1. The maximum atomic E-state index is 11.9. The Morgan fingerprint density at radius 1 is 1.38 bits per heavy atom. The van der Waals surface area contributed by atoms with Crippen LogP contribution in [0.3, 0.4) is 0 Å². The van der Waals surface area contributed by atoms with Gasteiger partial charge in [-0.15, -0.1) is 0 Å². The summed E-state index contributed by atoms with van der Waals surface area (Å²) in [6.07, 6.45) is 0. The summed E-state index contributed by atoms with van der Waals surface area (Å²) in [4.78, 5) is 7.33. The van der Waals surface area contributed by atoms with Crippen LogP contribution in [0.4, 0.5) is 5.95 Å². The fourth-order valence-corrected chi connectivity index (χ4v) is 2.39. The molecule has 0 bridgehead atoms. The van der Waals surface area contributed by atoms with Gasteiger partial charge < -0.3 is 15.3 Å². The first-order chi connectivity index (χ1) is 10.2. The quantitative estimate of drug-likeness (QED) is 0.645. The molecule has 0 radical (unpaired) electrons. The monoisotopic (exact) mass is 289 g/mol. The first-order valence-electron chi connectivity index (χ1n) is 7.14. The lowest BCUT2D eigenvalue weighted by Gasteiger charge is -2.26. The summed E-state index contributed by atoms with van der Waals surface area (Å²) in [7, 11) is 0. The van der Waals surface area contributed by atoms with E-state index in [4.69, 9.17) is 4.74 Å². The Kier molecular flexibility index (Phi) is 4.12. The average Bonchev–Trinajstić information content (AvgIpc) is 2.48. The summed E-state index contributed by atoms with van der Waals surface area (Å²) in [5.41, 5.74) is 2.22. The highest BCUT2D eigenvalue weighted by molar-refractivity contribution is 5.72. The van der Waals surface area contributed by atoms with Gasteiger partial charge >= 0.3 is 0 Å². The molecule has 2 aromatic rings. The van der Waals surface area contributed by atoms with Crippen LogP contribution >= 0.6 is 0 Å². The van der Waals surface area contributed by atoms with Gasteiger partial charge in [0.25, 0.3) is 11.5 Å². The van der Waals surface area contributed by atoms with Crippen LogP contribution in [0.1, 0.15) is 5.56 Å². The Morgan fingerprint density at radius 3 is 3.00 bits per heavy atom. The average molecular weight is 289 g/mol. The second-order valence-corrected chi connectivity index (χ2v) is 5.18. The summed E-state index contributed by atoms with van der Waals surface area (Å²) < 4.78 is 5.31. The van der Waals surface area contributed by atoms with Gasteiger partial charge in [-0.3, -0.25) is 4.90 Å². The molecule has 21 heavy (non-hydrogen) atoms. The Bertz CT molecular complexity index is 628. The number of hydrogen-bond acceptors (Lipinski definition) is 6. The summed E-state index contributed by atoms with van der Waals surface area (Å²) in [5.74, 6) is 0.372. The Hall–Kier alpha value is -1.99. The molecule has 1 aliphatic rings. The van der Waals surface area contributed by atoms with Gasteiger partial charge in [0.15, 0.2) is 0 Å². The van der Waals surface area contributed by atoms with E-state index in [0.717, 1.165) is 38.4 Å². The minimum atomic E-state index is 0.372. The fourth-order valence-electron chi connectivity index (χ4n) is 2.39. The number of aryl methyl sites for hydroxylation is 1. The summed E-state index contributed by atoms with van der Waals surface area (Å²) in [5, 5.41) is 18.9. The molecule has 1 fully saturated rings. The number of anilines is 1. The number of morpholine rings is 1. The minimum Gasteiger partial charge on any atom is -0.594 e. The van der Waals surface area contributed by atoms with Gasteiger partial charge in [0.05, 0.1) is 18.3 Å². The van der Waals surface area contributed by atoms with Gasteiger partial charge in [-0.1, -0.05) is 6.07 Å². The van der Waals surface area contributed by atoms with E-state index in [1.807, 2.05) is 19.1 Å². The first kappa shape index (κ1) is 14.0. The molecule has 1 saturated heterocycles. The largest absolute Gasteiger partial charge is 0.594 e. The molecule has 0 spiro atoms. The highest BCUT2D eigenvalue weighted by Crippen LogP contribution is 2.10. The number of ether oxygens (including phenoxy) is 1. The molecule has 2 heterocycles. The number of rotatable bonds is 4. The van der Waals surface area contributed by atoms with Crippen molar-refractivity contribution in [2.24, 2.45) is 0 Å². The molecule has 1 aromatic heterocycles. The van der Waals surface area contributed by atoms with Crippen molar-refractivity contribution in [3.63, 3.8) is 0 Å². The van der Waals surface area contributed by atoms with Gasteiger partial charge in [0.2, 0.25) is 0 Å². The lowest BCUT2D eigenvalue weighted by molar-refractivity contribution is -0.641. The standard InChI is InChI=1S/C14H19N5O2/c1-11-2-3-13-12(10-11)16-14(17-19(13)20)15-4-5-18-6-8-21-9-7-18/h2-3,10H,4-9H2,1H3,(H,15,16,17). The van der Waals surface area contributed by atoms with Crippen molar-refractivity contribution in [3.8, 4) is 0 Å². The number of hydrogen-bond donors (Lipinski definition) is 1. The van der Waals surface area contributed by atoms with E-state index in [0.29, 0.717) is 28.4 Å². The topological polar surface area (TPSA) is 77.2 Å². The van der Waals surface area contributed by atoms with Crippen LogP contribution in [-0.4, -0.2) is 54.4 Å². The van der Waals surface area contributed by atoms with E-state index < -0.39 is 0 Å². The van der Waals surface area contributed by atoms with Crippen LogP contribution in [-0.2, 0) is 4.74 Å². The van der Waals surface area contributed by atoms with Crippen LogP contribution in [0.2, 0.25) is 0 Å². The molecule has 1 aliphatic heterocycles. The maximum Gasteiger partial charge on any atom is 0.290 e. The van der Waals surface area contributed by atoms with Crippen LogP contribution < -0.4 is 10.2 Å². The molecule has 0 aliphatic carbocycles. The van der Waals surface area contributed by atoms with Crippen molar-refractivity contribution >= 4 is 17.0 Å². The van der Waals surface area contributed by atoms with E-state index in [1.54, 1.807) is 6.07 Å². The molecule has 1 N–H and O–H groups in total. The van der Waals surface area contributed by atoms with Crippen molar-refractivity contribution in [2.45, 2.75) is 6.92 Å². The normalized spacial score (nSPS) is 16.2. The minimum absolute atomic E-state index is 0.372. The predicted octanol–water partition coefficient (Wildman–Crippen LogP) is 0.316. The lowest BCUT2D eigenvalue weighted by Crippen LogP contribution is -2.39. The van der Waals surface area contributed by atoms with Gasteiger partial charge in [-0.25, -0.2) is 4.98 Å². The molecule has 0 atom stereocenters. The zero-order valence-corrected chi connectivity index (χ0v) is 12.1. The molecule has 1 aromatic carbocycles. The van der Waals surface area contributed by atoms with Crippen LogP contribution in [0.5, 0.6) is 0 Å². The Balaban J connectivity index is 1.66. The third-order valence-electron chi connectivity index (χ3n) is 3.56. The summed E-state index contributed by atoms with van der Waals surface area (Å²) in [6.45, 7) is 7.03. The van der Waals surface area contributed by atoms with Gasteiger partial charge in [0.1, 0.15) is 5.52 Å². The zero-order chi connectivity index (χ0) is 14.7. The molecule has 0 unspecified atom stereocenters. The molecule has 0 amide bonds. The van der Waals surface area contributed by atoms with Crippen molar-refractivity contribution in [1.29, 1.82) is 0 Å². The van der Waals surface area contributed by atoms with Crippen molar-refractivity contribution < 1.29 is 9.58 Å². The lowest BCUT2D eigenvalue weighted by atomic mass is 10.2. The van der Waals surface area contributed by atoms with Crippen LogP contribution in [0.15, 0.2) is 18.2 Å². The fraction of sp³-hybridized carbons (Fsp3) is 0.500. The van der Waals surface area contributed by atoms with Crippen LogP contribution in [0, 0.1) is 12.1 Å². The number of benzene rings is 1. The van der Waals surface area contributed by atoms with E-state index in [1.165, 1.54) is 0 Å². The van der Waals surface area contributed by atoms with Gasteiger partial charge in [-0.05, 0) is 23.4 Å². The van der Waals surface area contributed by atoms with Gasteiger partial charge in [0, 0.05) is 32.2 Å². The van der Waals surface area contributed by atoms with Crippen molar-refractivity contribution in [1.82, 2.24) is 15.0 Å². The van der Waals surface area contributed by atoms with E-state index in [-0.39, 0.29) is 0 Å². The molecule has 112 valence electrons. The smallest absolute Gasteiger partial charge is 0.290 e. The van der Waals surface area contributed by atoms with E-state index >= 15 is 0 Å². The number of nitrogens with zero attached hydrogens (tertiary/aromatic N) is 4. The van der Waals surface area contributed by atoms with Crippen molar-refractivity contribution in [3.05, 3.63) is 29.0 Å². The Morgan fingerprint density at radius 2 is 2.19 bits per heavy atom. The third kappa shape index (κ3) is 3.37. The predicted molar refractivity (Wildman–Crippen MR) is 79.0 cm³/mol. The second-order valence-electron chi connectivity index (χ2n) is 5.18. The molecular formula is C14H19N5O2. The number of aromatic nitrogens is 3. The van der Waals surface area contributed by atoms with E-state index in [9.17, 15) is 5.21 Å². The summed E-state index contributed by atoms with van der Waals surface area (Å²) in [6, 6.07) is 5.51. The van der Waals surface area contributed by atoms with Crippen molar-refractivity contribution in [2.75, 3.05) is 44.7 Å². The molecule has 0 saturated carbocycles. The van der Waals surface area contributed by atoms with Gasteiger partial charge in [-0.2, -0.15) is 0 Å². The molecule has 7 heteroatoms. The third-order valence-corrected chi connectivity index (χ3v) is 3.56. The second kappa shape index (κ2) is 6.19. The van der Waals surface area contributed by atoms with E-state index in [2.05, 4.69) is 20.3 Å². The molecule has 3 rings (SSSR count). The summed E-state index contributed by atoms with van der Waals surface area (Å²) >= 11 is 0. The SMILES string of the molecule is Cc1ccc2c(c1)nc(NCCN1CCOCC1)n[n+]2[O-].